The molecular formula is C17H18ClNO. The quantitative estimate of drug-likeness (QED) is 0.804. The number of carbonyl (C=O) groups excluding carboxylic acids is 1. The Morgan fingerprint density at radius 1 is 1.15 bits per heavy atom. The van der Waals surface area contributed by atoms with Gasteiger partial charge in [0.2, 0.25) is 0 Å². The SMILES string of the molecule is CC(C)c1ccc(C(=O)Nc2cccc(CCl)c2)cc1. The molecule has 1 amide bonds. The Balaban J connectivity index is 2.11. The summed E-state index contributed by atoms with van der Waals surface area (Å²) in [7, 11) is 0. The number of alkyl halides is 1. The van der Waals surface area contributed by atoms with Crippen LogP contribution in [0.4, 0.5) is 5.69 Å². The second-order valence-corrected chi connectivity index (χ2v) is 5.33. The summed E-state index contributed by atoms with van der Waals surface area (Å²) in [5.74, 6) is 0.798. The summed E-state index contributed by atoms with van der Waals surface area (Å²) in [6.45, 7) is 4.26. The zero-order valence-electron chi connectivity index (χ0n) is 11.7. The number of anilines is 1. The van der Waals surface area contributed by atoms with Crippen LogP contribution in [0.15, 0.2) is 48.5 Å². The summed E-state index contributed by atoms with van der Waals surface area (Å²) in [6.07, 6.45) is 0. The average Bonchev–Trinajstić information content (AvgIpc) is 2.47. The smallest absolute Gasteiger partial charge is 0.255 e. The topological polar surface area (TPSA) is 29.1 Å². The third kappa shape index (κ3) is 3.61. The van der Waals surface area contributed by atoms with Gasteiger partial charge in [0.25, 0.3) is 5.91 Å². The van der Waals surface area contributed by atoms with Gasteiger partial charge in [0.15, 0.2) is 0 Å². The van der Waals surface area contributed by atoms with E-state index in [1.165, 1.54) is 5.56 Å². The third-order valence-electron chi connectivity index (χ3n) is 3.18. The van der Waals surface area contributed by atoms with Crippen molar-refractivity contribution in [2.75, 3.05) is 5.32 Å². The van der Waals surface area contributed by atoms with Crippen molar-refractivity contribution in [3.63, 3.8) is 0 Å². The molecule has 2 rings (SSSR count). The molecule has 0 aliphatic heterocycles. The summed E-state index contributed by atoms with van der Waals surface area (Å²) in [5.41, 5.74) is 3.64. The molecule has 0 radical (unpaired) electrons. The number of nitrogens with one attached hydrogen (secondary N) is 1. The van der Waals surface area contributed by atoms with Gasteiger partial charge in [-0.05, 0) is 41.3 Å². The molecule has 0 heterocycles. The highest BCUT2D eigenvalue weighted by Gasteiger charge is 2.07. The molecule has 0 saturated carbocycles. The number of amides is 1. The largest absolute Gasteiger partial charge is 0.322 e. The molecule has 0 atom stereocenters. The predicted molar refractivity (Wildman–Crippen MR) is 84.5 cm³/mol. The molecule has 2 nitrogen and oxygen atoms in total. The normalized spacial score (nSPS) is 10.6. The molecule has 0 aliphatic carbocycles. The van der Waals surface area contributed by atoms with Crippen molar-refractivity contribution in [3.05, 3.63) is 65.2 Å². The fourth-order valence-electron chi connectivity index (χ4n) is 1.95. The highest BCUT2D eigenvalue weighted by Crippen LogP contribution is 2.17. The molecule has 1 N–H and O–H groups in total. The molecule has 0 fully saturated rings. The molecule has 104 valence electrons. The molecule has 0 spiro atoms. The summed E-state index contributed by atoms with van der Waals surface area (Å²) < 4.78 is 0. The van der Waals surface area contributed by atoms with Crippen LogP contribution in [0.1, 0.15) is 41.3 Å². The fraction of sp³-hybridized carbons (Fsp3) is 0.235. The first-order chi connectivity index (χ1) is 9.60. The van der Waals surface area contributed by atoms with Gasteiger partial charge < -0.3 is 5.32 Å². The van der Waals surface area contributed by atoms with Crippen LogP contribution in [-0.4, -0.2) is 5.91 Å². The van der Waals surface area contributed by atoms with E-state index in [9.17, 15) is 4.79 Å². The molecule has 3 heteroatoms. The van der Waals surface area contributed by atoms with E-state index in [0.717, 1.165) is 11.3 Å². The van der Waals surface area contributed by atoms with E-state index >= 15 is 0 Å². The highest BCUT2D eigenvalue weighted by atomic mass is 35.5. The van der Waals surface area contributed by atoms with Crippen molar-refractivity contribution in [1.29, 1.82) is 0 Å². The second kappa shape index (κ2) is 6.58. The van der Waals surface area contributed by atoms with E-state index in [2.05, 4.69) is 19.2 Å². The predicted octanol–water partition coefficient (Wildman–Crippen LogP) is 4.80. The van der Waals surface area contributed by atoms with Gasteiger partial charge in [-0.1, -0.05) is 38.1 Å². The standard InChI is InChI=1S/C17H18ClNO/c1-12(2)14-6-8-15(9-7-14)17(20)19-16-5-3-4-13(10-16)11-18/h3-10,12H,11H2,1-2H3,(H,19,20). The Morgan fingerprint density at radius 2 is 1.85 bits per heavy atom. The van der Waals surface area contributed by atoms with Crippen LogP contribution < -0.4 is 5.32 Å². The lowest BCUT2D eigenvalue weighted by Gasteiger charge is -2.08. The maximum atomic E-state index is 12.2. The van der Waals surface area contributed by atoms with Crippen molar-refractivity contribution in [3.8, 4) is 0 Å². The minimum atomic E-state index is -0.105. The maximum absolute atomic E-state index is 12.2. The number of carbonyl (C=O) groups is 1. The van der Waals surface area contributed by atoms with Crippen molar-refractivity contribution in [2.45, 2.75) is 25.6 Å². The van der Waals surface area contributed by atoms with Gasteiger partial charge in [-0.2, -0.15) is 0 Å². The number of benzene rings is 2. The Bertz CT molecular complexity index is 590. The van der Waals surface area contributed by atoms with Crippen LogP contribution in [-0.2, 0) is 5.88 Å². The van der Waals surface area contributed by atoms with Crippen LogP contribution in [0.5, 0.6) is 0 Å². The summed E-state index contributed by atoms with van der Waals surface area (Å²) in [5, 5.41) is 2.88. The maximum Gasteiger partial charge on any atom is 0.255 e. The van der Waals surface area contributed by atoms with Crippen molar-refractivity contribution < 1.29 is 4.79 Å². The van der Waals surface area contributed by atoms with Crippen LogP contribution in [0.3, 0.4) is 0 Å². The first-order valence-electron chi connectivity index (χ1n) is 6.66. The molecule has 2 aromatic rings. The van der Waals surface area contributed by atoms with Crippen molar-refractivity contribution in [2.24, 2.45) is 0 Å². The Hall–Kier alpha value is -1.80. The molecule has 0 unspecified atom stereocenters. The molecule has 0 saturated heterocycles. The number of hydrogen-bond donors (Lipinski definition) is 1. The van der Waals surface area contributed by atoms with Gasteiger partial charge in [0, 0.05) is 17.1 Å². The Labute approximate surface area is 124 Å². The first kappa shape index (κ1) is 14.6. The lowest BCUT2D eigenvalue weighted by molar-refractivity contribution is 0.102. The fourth-order valence-corrected chi connectivity index (χ4v) is 2.12. The van der Waals surface area contributed by atoms with E-state index in [4.69, 9.17) is 11.6 Å². The van der Waals surface area contributed by atoms with E-state index in [1.54, 1.807) is 0 Å². The zero-order valence-corrected chi connectivity index (χ0v) is 12.4. The minimum absolute atomic E-state index is 0.105. The van der Waals surface area contributed by atoms with E-state index in [-0.39, 0.29) is 5.91 Å². The van der Waals surface area contributed by atoms with E-state index in [0.29, 0.717) is 17.4 Å². The highest BCUT2D eigenvalue weighted by molar-refractivity contribution is 6.17. The zero-order chi connectivity index (χ0) is 14.5. The Kier molecular flexibility index (Phi) is 4.80. The number of rotatable bonds is 4. The molecular weight excluding hydrogens is 270 g/mol. The third-order valence-corrected chi connectivity index (χ3v) is 3.49. The van der Waals surface area contributed by atoms with Gasteiger partial charge in [0.05, 0.1) is 0 Å². The summed E-state index contributed by atoms with van der Waals surface area (Å²) >= 11 is 5.79. The molecule has 0 bridgehead atoms. The van der Waals surface area contributed by atoms with Crippen molar-refractivity contribution >= 4 is 23.2 Å². The van der Waals surface area contributed by atoms with Crippen LogP contribution >= 0.6 is 11.6 Å². The molecule has 2 aromatic carbocycles. The van der Waals surface area contributed by atoms with Gasteiger partial charge in [-0.25, -0.2) is 0 Å². The molecule has 0 aromatic heterocycles. The lowest BCUT2D eigenvalue weighted by Crippen LogP contribution is -2.12. The lowest BCUT2D eigenvalue weighted by atomic mass is 10.0. The van der Waals surface area contributed by atoms with E-state index < -0.39 is 0 Å². The van der Waals surface area contributed by atoms with Crippen LogP contribution in [0, 0.1) is 0 Å². The van der Waals surface area contributed by atoms with Gasteiger partial charge in [-0.3, -0.25) is 4.79 Å². The summed E-state index contributed by atoms with van der Waals surface area (Å²) in [6, 6.07) is 15.3. The summed E-state index contributed by atoms with van der Waals surface area (Å²) in [4.78, 5) is 12.2. The Morgan fingerprint density at radius 3 is 2.45 bits per heavy atom. The molecule has 20 heavy (non-hydrogen) atoms. The van der Waals surface area contributed by atoms with Gasteiger partial charge in [0.1, 0.15) is 0 Å². The first-order valence-corrected chi connectivity index (χ1v) is 7.20. The average molecular weight is 288 g/mol. The monoisotopic (exact) mass is 287 g/mol. The molecule has 0 aliphatic rings. The minimum Gasteiger partial charge on any atom is -0.322 e. The number of halogens is 1. The van der Waals surface area contributed by atoms with Gasteiger partial charge in [-0.15, -0.1) is 11.6 Å². The van der Waals surface area contributed by atoms with Crippen LogP contribution in [0.25, 0.3) is 0 Å². The van der Waals surface area contributed by atoms with Crippen molar-refractivity contribution in [1.82, 2.24) is 0 Å². The second-order valence-electron chi connectivity index (χ2n) is 5.06. The van der Waals surface area contributed by atoms with Gasteiger partial charge >= 0.3 is 0 Å². The van der Waals surface area contributed by atoms with E-state index in [1.807, 2.05) is 48.5 Å². The van der Waals surface area contributed by atoms with Crippen LogP contribution in [0.2, 0.25) is 0 Å². The number of hydrogen-bond acceptors (Lipinski definition) is 1.